The van der Waals surface area contributed by atoms with Gasteiger partial charge in [0.2, 0.25) is 0 Å². The molecule has 2 heterocycles. The molecule has 0 bridgehead atoms. The van der Waals surface area contributed by atoms with E-state index >= 15 is 0 Å². The number of hydrogen-bond donors (Lipinski definition) is 1. The first-order valence-corrected chi connectivity index (χ1v) is 4.87. The minimum absolute atomic E-state index is 0.265. The van der Waals surface area contributed by atoms with Crippen molar-refractivity contribution in [3.8, 4) is 6.07 Å². The molecule has 2 aromatic heterocycles. The van der Waals surface area contributed by atoms with Crippen LogP contribution in [-0.2, 0) is 0 Å². The maximum atomic E-state index is 11.7. The largest absolute Gasteiger partial charge is 0.321 e. The van der Waals surface area contributed by atoms with E-state index < -0.39 is 0 Å². The van der Waals surface area contributed by atoms with Crippen LogP contribution >= 0.6 is 0 Å². The Morgan fingerprint density at radius 1 is 1.24 bits per heavy atom. The maximum absolute atomic E-state index is 11.7. The fourth-order valence-corrected chi connectivity index (χ4v) is 1.22. The molecule has 0 saturated carbocycles. The number of carbonyl (C=O) groups is 1. The lowest BCUT2D eigenvalue weighted by Crippen LogP contribution is -2.13. The van der Waals surface area contributed by atoms with Crippen molar-refractivity contribution in [2.45, 2.75) is 0 Å². The Morgan fingerprint density at radius 3 is 2.59 bits per heavy atom. The lowest BCUT2D eigenvalue weighted by molar-refractivity contribution is 0.102. The van der Waals surface area contributed by atoms with Crippen LogP contribution < -0.4 is 5.32 Å². The van der Waals surface area contributed by atoms with Crippen molar-refractivity contribution in [3.63, 3.8) is 0 Å². The molecule has 0 atom stereocenters. The van der Waals surface area contributed by atoms with Crippen LogP contribution in [0.5, 0.6) is 0 Å². The average Bonchev–Trinajstić information content (AvgIpc) is 2.40. The van der Waals surface area contributed by atoms with Crippen LogP contribution in [0.3, 0.4) is 0 Å². The number of nitriles is 1. The number of nitrogens with zero attached hydrogens (tertiary/aromatic N) is 3. The number of aromatic nitrogens is 2. The summed E-state index contributed by atoms with van der Waals surface area (Å²) in [5.41, 5.74) is 1.34. The maximum Gasteiger partial charge on any atom is 0.274 e. The number of anilines is 1. The van der Waals surface area contributed by atoms with Gasteiger partial charge in [0, 0.05) is 24.3 Å². The number of rotatable bonds is 2. The molecule has 1 N–H and O–H groups in total. The lowest BCUT2D eigenvalue weighted by atomic mass is 10.2. The molecule has 0 aliphatic heterocycles. The summed E-state index contributed by atoms with van der Waals surface area (Å²) in [5.74, 6) is -0.319. The predicted molar refractivity (Wildman–Crippen MR) is 61.1 cm³/mol. The molecule has 82 valence electrons. The smallest absolute Gasteiger partial charge is 0.274 e. The molecular formula is C12H8N4O. The molecule has 2 rings (SSSR count). The first-order valence-electron chi connectivity index (χ1n) is 4.87. The van der Waals surface area contributed by atoms with E-state index in [-0.39, 0.29) is 11.6 Å². The van der Waals surface area contributed by atoms with Gasteiger partial charge in [0.1, 0.15) is 11.8 Å². The topological polar surface area (TPSA) is 78.7 Å². The van der Waals surface area contributed by atoms with Crippen LogP contribution in [0.25, 0.3) is 0 Å². The highest BCUT2D eigenvalue weighted by atomic mass is 16.1. The fourth-order valence-electron chi connectivity index (χ4n) is 1.22. The summed E-state index contributed by atoms with van der Waals surface area (Å²) >= 11 is 0. The Morgan fingerprint density at radius 2 is 2.00 bits per heavy atom. The second kappa shape index (κ2) is 4.86. The Kier molecular flexibility index (Phi) is 3.08. The van der Waals surface area contributed by atoms with Gasteiger partial charge < -0.3 is 5.32 Å². The summed E-state index contributed by atoms with van der Waals surface area (Å²) in [6, 6.07) is 8.36. The zero-order valence-corrected chi connectivity index (χ0v) is 8.79. The van der Waals surface area contributed by atoms with Crippen molar-refractivity contribution >= 4 is 11.6 Å². The fraction of sp³-hybridized carbons (Fsp3) is 0. The second-order valence-corrected chi connectivity index (χ2v) is 3.23. The summed E-state index contributed by atoms with van der Waals surface area (Å²) in [7, 11) is 0. The van der Waals surface area contributed by atoms with E-state index in [1.807, 2.05) is 6.07 Å². The highest BCUT2D eigenvalue weighted by Crippen LogP contribution is 2.06. The van der Waals surface area contributed by atoms with E-state index in [0.29, 0.717) is 11.3 Å². The molecule has 2 aromatic rings. The molecule has 0 spiro atoms. The quantitative estimate of drug-likeness (QED) is 0.840. The van der Waals surface area contributed by atoms with Crippen LogP contribution in [0.4, 0.5) is 5.69 Å². The van der Waals surface area contributed by atoms with Crippen molar-refractivity contribution in [2.24, 2.45) is 0 Å². The van der Waals surface area contributed by atoms with Gasteiger partial charge in [-0.2, -0.15) is 5.26 Å². The number of nitrogens with one attached hydrogen (secondary N) is 1. The summed E-state index contributed by atoms with van der Waals surface area (Å²) in [4.78, 5) is 19.5. The van der Waals surface area contributed by atoms with Crippen LogP contribution in [0.1, 0.15) is 16.1 Å². The monoisotopic (exact) mass is 224 g/mol. The highest BCUT2D eigenvalue weighted by molar-refractivity contribution is 6.02. The van der Waals surface area contributed by atoms with Crippen molar-refractivity contribution in [3.05, 3.63) is 54.1 Å². The molecule has 5 heteroatoms. The van der Waals surface area contributed by atoms with Crippen LogP contribution in [0.2, 0.25) is 0 Å². The van der Waals surface area contributed by atoms with Crippen molar-refractivity contribution in [1.82, 2.24) is 9.97 Å². The van der Waals surface area contributed by atoms with E-state index in [1.54, 1.807) is 30.6 Å². The molecule has 0 radical (unpaired) electrons. The first-order chi connectivity index (χ1) is 8.29. The molecule has 0 fully saturated rings. The van der Waals surface area contributed by atoms with Gasteiger partial charge >= 0.3 is 0 Å². The number of amides is 1. The third kappa shape index (κ3) is 2.63. The molecule has 0 unspecified atom stereocenters. The zero-order chi connectivity index (χ0) is 12.1. The third-order valence-corrected chi connectivity index (χ3v) is 2.06. The Balaban J connectivity index is 2.13. The van der Waals surface area contributed by atoms with Gasteiger partial charge in [-0.1, -0.05) is 0 Å². The van der Waals surface area contributed by atoms with E-state index in [2.05, 4.69) is 15.3 Å². The molecular weight excluding hydrogens is 216 g/mol. The van der Waals surface area contributed by atoms with Gasteiger partial charge in [0.25, 0.3) is 5.91 Å². The number of pyridine rings is 2. The van der Waals surface area contributed by atoms with Crippen LogP contribution in [0, 0.1) is 11.3 Å². The minimum Gasteiger partial charge on any atom is -0.321 e. The zero-order valence-electron chi connectivity index (χ0n) is 8.79. The molecule has 0 aromatic carbocycles. The molecule has 0 aliphatic rings. The molecule has 17 heavy (non-hydrogen) atoms. The van der Waals surface area contributed by atoms with Crippen molar-refractivity contribution in [2.75, 3.05) is 5.32 Å². The van der Waals surface area contributed by atoms with E-state index in [9.17, 15) is 4.79 Å². The van der Waals surface area contributed by atoms with Gasteiger partial charge in [-0.3, -0.25) is 9.78 Å². The molecule has 1 amide bonds. The molecule has 0 saturated heterocycles. The van der Waals surface area contributed by atoms with E-state index in [0.717, 1.165) is 0 Å². The minimum atomic E-state index is -0.319. The van der Waals surface area contributed by atoms with Crippen LogP contribution in [0.15, 0.2) is 42.9 Å². The summed E-state index contributed by atoms with van der Waals surface area (Å²) in [6.45, 7) is 0. The van der Waals surface area contributed by atoms with Crippen molar-refractivity contribution in [1.29, 1.82) is 5.26 Å². The first kappa shape index (κ1) is 10.8. The van der Waals surface area contributed by atoms with Crippen molar-refractivity contribution < 1.29 is 4.79 Å². The molecule has 0 aliphatic carbocycles. The van der Waals surface area contributed by atoms with Gasteiger partial charge in [0.15, 0.2) is 0 Å². The summed E-state index contributed by atoms with van der Waals surface area (Å²) in [5, 5.41) is 11.3. The number of hydrogen-bond acceptors (Lipinski definition) is 4. The third-order valence-electron chi connectivity index (χ3n) is 2.06. The van der Waals surface area contributed by atoms with Gasteiger partial charge in [0.05, 0.1) is 5.56 Å². The Bertz CT molecular complexity index is 557. The predicted octanol–water partition coefficient (Wildman–Crippen LogP) is 1.60. The van der Waals surface area contributed by atoms with Gasteiger partial charge in [-0.05, 0) is 24.3 Å². The standard InChI is InChI=1S/C12H8N4O/c13-7-9-1-2-11(15-8-9)12(17)16-10-3-5-14-6-4-10/h1-6,8H,(H,14,16,17). The van der Waals surface area contributed by atoms with Crippen LogP contribution in [-0.4, -0.2) is 15.9 Å². The Labute approximate surface area is 97.8 Å². The van der Waals surface area contributed by atoms with E-state index in [4.69, 9.17) is 5.26 Å². The number of carbonyl (C=O) groups excluding carboxylic acids is 1. The highest BCUT2D eigenvalue weighted by Gasteiger charge is 2.06. The van der Waals surface area contributed by atoms with Gasteiger partial charge in [-0.25, -0.2) is 4.98 Å². The summed E-state index contributed by atoms with van der Waals surface area (Å²) in [6.07, 6.45) is 4.53. The SMILES string of the molecule is N#Cc1ccc(C(=O)Nc2ccncc2)nc1. The average molecular weight is 224 g/mol. The van der Waals surface area contributed by atoms with Gasteiger partial charge in [-0.15, -0.1) is 0 Å². The normalized spacial score (nSPS) is 9.35. The Hall–Kier alpha value is -2.74. The lowest BCUT2D eigenvalue weighted by Gasteiger charge is -2.03. The van der Waals surface area contributed by atoms with E-state index in [1.165, 1.54) is 12.3 Å². The summed E-state index contributed by atoms with van der Waals surface area (Å²) < 4.78 is 0. The molecule has 5 nitrogen and oxygen atoms in total. The second-order valence-electron chi connectivity index (χ2n) is 3.23.